The maximum absolute atomic E-state index is 15.2. The Labute approximate surface area is 246 Å². The molecule has 5 rings (SSSR count). The minimum Gasteiger partial charge on any atom is -0.352 e. The molecule has 3 aliphatic rings. The van der Waals surface area contributed by atoms with Crippen LogP contribution in [-0.4, -0.2) is 31.7 Å². The first kappa shape index (κ1) is 31.4. The van der Waals surface area contributed by atoms with Crippen LogP contribution in [0.25, 0.3) is 11.1 Å². The fraction of sp³-hybridized carbons (Fsp3) is 0.647. The van der Waals surface area contributed by atoms with E-state index in [0.717, 1.165) is 24.1 Å². The van der Waals surface area contributed by atoms with Crippen LogP contribution >= 0.6 is 0 Å². The second kappa shape index (κ2) is 14.2. The van der Waals surface area contributed by atoms with E-state index >= 15 is 8.78 Å². The van der Waals surface area contributed by atoms with Crippen molar-refractivity contribution in [3.05, 3.63) is 59.4 Å². The summed E-state index contributed by atoms with van der Waals surface area (Å²) in [5.41, 5.74) is 1.23. The summed E-state index contributed by atoms with van der Waals surface area (Å²) in [5, 5.41) is 0. The summed E-state index contributed by atoms with van der Waals surface area (Å²) < 4.78 is 89.6. The molecule has 0 radical (unpaired) electrons. The predicted molar refractivity (Wildman–Crippen MR) is 152 cm³/mol. The van der Waals surface area contributed by atoms with Crippen molar-refractivity contribution in [2.24, 2.45) is 17.8 Å². The monoisotopic (exact) mass is 594 g/mol. The first-order valence-electron chi connectivity index (χ1n) is 15.8. The van der Waals surface area contributed by atoms with Gasteiger partial charge in [-0.1, -0.05) is 44.4 Å². The molecule has 42 heavy (non-hydrogen) atoms. The molecule has 0 spiro atoms. The normalized spacial score (nSPS) is 29.0. The average molecular weight is 595 g/mol. The van der Waals surface area contributed by atoms with Gasteiger partial charge in [0.15, 0.2) is 17.9 Å². The summed E-state index contributed by atoms with van der Waals surface area (Å²) in [6.45, 7) is 3.58. The molecule has 0 aromatic heterocycles. The minimum absolute atomic E-state index is 0.0316. The van der Waals surface area contributed by atoms with Crippen molar-refractivity contribution in [1.82, 2.24) is 0 Å². The third-order valence-corrected chi connectivity index (χ3v) is 9.53. The van der Waals surface area contributed by atoms with Crippen LogP contribution < -0.4 is 0 Å². The van der Waals surface area contributed by atoms with Gasteiger partial charge in [0.2, 0.25) is 0 Å². The largest absolute Gasteiger partial charge is 0.358 e. The van der Waals surface area contributed by atoms with Crippen molar-refractivity contribution >= 4 is 0 Å². The lowest BCUT2D eigenvalue weighted by Gasteiger charge is -2.40. The topological polar surface area (TPSA) is 27.7 Å². The van der Waals surface area contributed by atoms with E-state index in [1.54, 1.807) is 12.1 Å². The predicted octanol–water partition coefficient (Wildman–Crippen LogP) is 9.78. The van der Waals surface area contributed by atoms with Gasteiger partial charge < -0.3 is 14.2 Å². The first-order valence-corrected chi connectivity index (χ1v) is 15.8. The van der Waals surface area contributed by atoms with Gasteiger partial charge in [-0.15, -0.1) is 0 Å². The van der Waals surface area contributed by atoms with Gasteiger partial charge in [0, 0.05) is 17.4 Å². The third kappa shape index (κ3) is 7.72. The summed E-state index contributed by atoms with van der Waals surface area (Å²) in [6.07, 6.45) is 4.98. The fourth-order valence-corrected chi connectivity index (χ4v) is 6.92. The highest BCUT2D eigenvalue weighted by Gasteiger charge is 2.46. The van der Waals surface area contributed by atoms with Crippen molar-refractivity contribution in [2.45, 2.75) is 108 Å². The van der Waals surface area contributed by atoms with Gasteiger partial charge in [0.25, 0.3) is 0 Å². The molecule has 0 atom stereocenters. The van der Waals surface area contributed by atoms with E-state index in [1.807, 2.05) is 0 Å². The van der Waals surface area contributed by atoms with Crippen LogP contribution in [0.3, 0.4) is 0 Å². The Kier molecular flexibility index (Phi) is 10.6. The van der Waals surface area contributed by atoms with Crippen LogP contribution in [0.15, 0.2) is 36.4 Å². The number of rotatable bonds is 10. The Morgan fingerprint density at radius 3 is 2.14 bits per heavy atom. The molecule has 2 aromatic carbocycles. The SMILES string of the molecule is CCCCCC1COC(C2CCC(C(F)(F)OC3CCC(c4ccc(-c5ccc(F)c(F)c5)c(F)c4)CC3)CC2)OC1. The second-order valence-corrected chi connectivity index (χ2v) is 12.5. The molecule has 3 nitrogen and oxygen atoms in total. The highest BCUT2D eigenvalue weighted by molar-refractivity contribution is 5.64. The number of ether oxygens (including phenoxy) is 3. The number of unbranched alkanes of at least 4 members (excludes halogenated alkanes) is 2. The first-order chi connectivity index (χ1) is 20.2. The second-order valence-electron chi connectivity index (χ2n) is 12.5. The maximum atomic E-state index is 15.2. The molecule has 2 aliphatic carbocycles. The average Bonchev–Trinajstić information content (AvgIpc) is 2.99. The van der Waals surface area contributed by atoms with Crippen LogP contribution in [0.5, 0.6) is 0 Å². The smallest absolute Gasteiger partial charge is 0.352 e. The highest BCUT2D eigenvalue weighted by atomic mass is 19.3. The zero-order chi connectivity index (χ0) is 29.7. The van der Waals surface area contributed by atoms with Crippen LogP contribution in [0.4, 0.5) is 22.0 Å². The summed E-state index contributed by atoms with van der Waals surface area (Å²) in [7, 11) is 0. The molecule has 2 saturated carbocycles. The molecule has 3 fully saturated rings. The molecule has 1 saturated heterocycles. The summed E-state index contributed by atoms with van der Waals surface area (Å²) in [6, 6.07) is 8.06. The minimum atomic E-state index is -3.18. The Hall–Kier alpha value is -2.03. The summed E-state index contributed by atoms with van der Waals surface area (Å²) >= 11 is 0. The van der Waals surface area contributed by atoms with Gasteiger partial charge in [-0.05, 0) is 93.0 Å². The summed E-state index contributed by atoms with van der Waals surface area (Å²) in [4.78, 5) is 0. The van der Waals surface area contributed by atoms with E-state index in [9.17, 15) is 13.2 Å². The zero-order valence-corrected chi connectivity index (χ0v) is 24.4. The lowest BCUT2D eigenvalue weighted by atomic mass is 9.80. The molecule has 1 aliphatic heterocycles. The Balaban J connectivity index is 1.06. The fourth-order valence-electron chi connectivity index (χ4n) is 6.92. The highest BCUT2D eigenvalue weighted by Crippen LogP contribution is 2.44. The maximum Gasteiger partial charge on any atom is 0.358 e. The molecule has 1 heterocycles. The lowest BCUT2D eigenvalue weighted by Crippen LogP contribution is -2.42. The van der Waals surface area contributed by atoms with Crippen molar-refractivity contribution in [2.75, 3.05) is 13.2 Å². The van der Waals surface area contributed by atoms with Crippen LogP contribution in [0.1, 0.15) is 95.5 Å². The van der Waals surface area contributed by atoms with E-state index in [4.69, 9.17) is 14.2 Å². The molecule has 0 N–H and O–H groups in total. The zero-order valence-electron chi connectivity index (χ0n) is 24.4. The number of hydrogen-bond acceptors (Lipinski definition) is 3. The molecule has 2 aromatic rings. The molecule has 232 valence electrons. The molecule has 0 unspecified atom stereocenters. The van der Waals surface area contributed by atoms with Crippen LogP contribution in [0, 0.1) is 35.2 Å². The molecule has 0 amide bonds. The van der Waals surface area contributed by atoms with Gasteiger partial charge in [0.1, 0.15) is 5.82 Å². The number of halogens is 5. The van der Waals surface area contributed by atoms with Gasteiger partial charge in [-0.25, -0.2) is 13.2 Å². The standard InChI is InChI=1S/C34H43F5O3/c1-2-3-4-5-22-20-40-33(41-21-22)24-6-12-27(13-7-24)34(38,39)42-28-14-8-23(9-15-28)25-10-16-29(31(36)18-25)26-11-17-30(35)32(37)19-26/h10-11,16-19,22-24,27-28,33H,2-9,12-15,20-21H2,1H3. The number of hydrogen-bond donors (Lipinski definition) is 0. The van der Waals surface area contributed by atoms with Gasteiger partial charge in [-0.3, -0.25) is 0 Å². The van der Waals surface area contributed by atoms with E-state index in [2.05, 4.69) is 6.92 Å². The molecular weight excluding hydrogens is 551 g/mol. The third-order valence-electron chi connectivity index (χ3n) is 9.53. The van der Waals surface area contributed by atoms with Crippen LogP contribution in [-0.2, 0) is 14.2 Å². The van der Waals surface area contributed by atoms with Crippen LogP contribution in [0.2, 0.25) is 0 Å². The van der Waals surface area contributed by atoms with Crippen molar-refractivity contribution in [3.63, 3.8) is 0 Å². The van der Waals surface area contributed by atoms with E-state index < -0.39 is 35.6 Å². The van der Waals surface area contributed by atoms with E-state index in [0.29, 0.717) is 70.5 Å². The Morgan fingerprint density at radius 1 is 0.786 bits per heavy atom. The van der Waals surface area contributed by atoms with Crippen molar-refractivity contribution in [1.29, 1.82) is 0 Å². The molecule has 8 heteroatoms. The van der Waals surface area contributed by atoms with E-state index in [-0.39, 0.29) is 29.3 Å². The molecule has 0 bridgehead atoms. The van der Waals surface area contributed by atoms with Crippen molar-refractivity contribution < 1.29 is 36.2 Å². The Morgan fingerprint density at radius 2 is 1.50 bits per heavy atom. The van der Waals surface area contributed by atoms with E-state index in [1.165, 1.54) is 31.4 Å². The molecular formula is C34H43F5O3. The number of alkyl halides is 2. The quantitative estimate of drug-likeness (QED) is 0.202. The van der Waals surface area contributed by atoms with Gasteiger partial charge in [0.05, 0.1) is 25.2 Å². The number of benzene rings is 2. The lowest BCUT2D eigenvalue weighted by molar-refractivity contribution is -0.305. The van der Waals surface area contributed by atoms with Crippen molar-refractivity contribution in [3.8, 4) is 11.1 Å². The Bertz CT molecular complexity index is 1150. The summed E-state index contributed by atoms with van der Waals surface area (Å²) in [5.74, 6) is -2.73. The van der Waals surface area contributed by atoms with Gasteiger partial charge >= 0.3 is 6.11 Å². The van der Waals surface area contributed by atoms with Gasteiger partial charge in [-0.2, -0.15) is 8.78 Å².